The SMILES string of the molecule is COC(=O)C(CN(C)C)C1CCNC1. The lowest BCUT2D eigenvalue weighted by molar-refractivity contribution is -0.147. The topological polar surface area (TPSA) is 41.6 Å². The second-order valence-corrected chi connectivity index (χ2v) is 4.14. The number of carbonyl (C=O) groups is 1. The van der Waals surface area contributed by atoms with Gasteiger partial charge in [-0.2, -0.15) is 0 Å². The van der Waals surface area contributed by atoms with Gasteiger partial charge in [0.2, 0.25) is 0 Å². The summed E-state index contributed by atoms with van der Waals surface area (Å²) >= 11 is 0. The van der Waals surface area contributed by atoms with E-state index in [9.17, 15) is 4.79 Å². The van der Waals surface area contributed by atoms with Gasteiger partial charge in [0.05, 0.1) is 13.0 Å². The molecule has 0 saturated carbocycles. The first kappa shape index (κ1) is 11.5. The van der Waals surface area contributed by atoms with Crippen molar-refractivity contribution in [3.05, 3.63) is 0 Å². The predicted molar refractivity (Wildman–Crippen MR) is 55.0 cm³/mol. The van der Waals surface area contributed by atoms with Crippen molar-refractivity contribution in [1.29, 1.82) is 0 Å². The lowest BCUT2D eigenvalue weighted by Gasteiger charge is -2.23. The molecular formula is C10H20N2O2. The van der Waals surface area contributed by atoms with Gasteiger partial charge >= 0.3 is 5.97 Å². The highest BCUT2D eigenvalue weighted by Gasteiger charge is 2.31. The molecule has 0 aliphatic carbocycles. The number of ether oxygens (including phenoxy) is 1. The monoisotopic (exact) mass is 200 g/mol. The number of nitrogens with zero attached hydrogens (tertiary/aromatic N) is 1. The molecule has 1 saturated heterocycles. The van der Waals surface area contributed by atoms with E-state index in [2.05, 4.69) is 5.32 Å². The molecule has 0 aromatic carbocycles. The van der Waals surface area contributed by atoms with Crippen molar-refractivity contribution in [1.82, 2.24) is 10.2 Å². The van der Waals surface area contributed by atoms with Gasteiger partial charge in [0, 0.05) is 6.54 Å². The molecule has 2 unspecified atom stereocenters. The van der Waals surface area contributed by atoms with E-state index in [1.54, 1.807) is 0 Å². The molecule has 0 amide bonds. The molecule has 0 spiro atoms. The van der Waals surface area contributed by atoms with Crippen LogP contribution in [-0.4, -0.2) is 51.7 Å². The molecule has 0 aromatic heterocycles. The summed E-state index contributed by atoms with van der Waals surface area (Å²) in [7, 11) is 5.43. The fraction of sp³-hybridized carbons (Fsp3) is 0.900. The van der Waals surface area contributed by atoms with E-state index in [-0.39, 0.29) is 11.9 Å². The van der Waals surface area contributed by atoms with Crippen LogP contribution in [0.1, 0.15) is 6.42 Å². The van der Waals surface area contributed by atoms with Gasteiger partial charge in [0.25, 0.3) is 0 Å². The first-order valence-electron chi connectivity index (χ1n) is 5.08. The van der Waals surface area contributed by atoms with Crippen LogP contribution in [0.3, 0.4) is 0 Å². The van der Waals surface area contributed by atoms with Gasteiger partial charge in [-0.05, 0) is 39.5 Å². The molecule has 1 aliphatic heterocycles. The summed E-state index contributed by atoms with van der Waals surface area (Å²) in [5.41, 5.74) is 0. The molecule has 1 rings (SSSR count). The average molecular weight is 200 g/mol. The van der Waals surface area contributed by atoms with Crippen LogP contribution in [0.5, 0.6) is 0 Å². The number of carbonyl (C=O) groups excluding carboxylic acids is 1. The lowest BCUT2D eigenvalue weighted by atomic mass is 9.91. The zero-order valence-electron chi connectivity index (χ0n) is 9.25. The van der Waals surface area contributed by atoms with E-state index in [4.69, 9.17) is 4.74 Å². The molecule has 1 heterocycles. The fourth-order valence-electron chi connectivity index (χ4n) is 1.98. The molecular weight excluding hydrogens is 180 g/mol. The Balaban J connectivity index is 2.55. The largest absolute Gasteiger partial charge is 0.469 e. The van der Waals surface area contributed by atoms with Crippen molar-refractivity contribution >= 4 is 5.97 Å². The Morgan fingerprint density at radius 2 is 2.36 bits per heavy atom. The Kier molecular flexibility index (Phi) is 4.35. The van der Waals surface area contributed by atoms with Crippen molar-refractivity contribution in [3.63, 3.8) is 0 Å². The summed E-state index contributed by atoms with van der Waals surface area (Å²) in [6.07, 6.45) is 1.08. The Bertz CT molecular complexity index is 189. The summed E-state index contributed by atoms with van der Waals surface area (Å²) < 4.78 is 4.83. The zero-order valence-corrected chi connectivity index (χ0v) is 9.25. The Morgan fingerprint density at radius 1 is 1.64 bits per heavy atom. The maximum atomic E-state index is 11.6. The van der Waals surface area contributed by atoms with Gasteiger partial charge < -0.3 is 15.0 Å². The number of rotatable bonds is 4. The molecule has 1 aliphatic rings. The minimum atomic E-state index is -0.0765. The summed E-state index contributed by atoms with van der Waals surface area (Å²) in [6, 6.07) is 0. The third-order valence-electron chi connectivity index (χ3n) is 2.73. The molecule has 4 nitrogen and oxygen atoms in total. The van der Waals surface area contributed by atoms with Crippen LogP contribution in [0.25, 0.3) is 0 Å². The molecule has 4 heteroatoms. The van der Waals surface area contributed by atoms with Crippen LogP contribution in [0.2, 0.25) is 0 Å². The summed E-state index contributed by atoms with van der Waals surface area (Å²) in [6.45, 7) is 2.73. The van der Waals surface area contributed by atoms with E-state index in [1.165, 1.54) is 7.11 Å². The quantitative estimate of drug-likeness (QED) is 0.646. The van der Waals surface area contributed by atoms with E-state index in [1.807, 2.05) is 19.0 Å². The van der Waals surface area contributed by atoms with E-state index in [0.29, 0.717) is 5.92 Å². The Hall–Kier alpha value is -0.610. The minimum Gasteiger partial charge on any atom is -0.469 e. The second-order valence-electron chi connectivity index (χ2n) is 4.14. The molecule has 1 fully saturated rings. The lowest BCUT2D eigenvalue weighted by Crippen LogP contribution is -2.35. The van der Waals surface area contributed by atoms with Crippen LogP contribution in [-0.2, 0) is 9.53 Å². The Labute approximate surface area is 85.6 Å². The van der Waals surface area contributed by atoms with E-state index >= 15 is 0 Å². The second kappa shape index (κ2) is 5.32. The minimum absolute atomic E-state index is 0.0185. The number of esters is 1. The van der Waals surface area contributed by atoms with Crippen LogP contribution in [0.15, 0.2) is 0 Å². The van der Waals surface area contributed by atoms with Gasteiger partial charge in [0.15, 0.2) is 0 Å². The third-order valence-corrected chi connectivity index (χ3v) is 2.73. The Morgan fingerprint density at radius 3 is 2.79 bits per heavy atom. The molecule has 1 N–H and O–H groups in total. The zero-order chi connectivity index (χ0) is 10.6. The summed E-state index contributed by atoms with van der Waals surface area (Å²) in [5.74, 6) is 0.377. The smallest absolute Gasteiger partial charge is 0.310 e. The van der Waals surface area contributed by atoms with Gasteiger partial charge in [-0.25, -0.2) is 0 Å². The molecule has 0 radical (unpaired) electrons. The molecule has 82 valence electrons. The highest BCUT2D eigenvalue weighted by molar-refractivity contribution is 5.73. The fourth-order valence-corrected chi connectivity index (χ4v) is 1.98. The average Bonchev–Trinajstić information content (AvgIpc) is 2.65. The highest BCUT2D eigenvalue weighted by atomic mass is 16.5. The number of hydrogen-bond donors (Lipinski definition) is 1. The normalized spacial score (nSPS) is 23.9. The first-order valence-corrected chi connectivity index (χ1v) is 5.08. The molecule has 0 aromatic rings. The van der Waals surface area contributed by atoms with Crippen molar-refractivity contribution in [3.8, 4) is 0 Å². The van der Waals surface area contributed by atoms with Gasteiger partial charge in [-0.15, -0.1) is 0 Å². The molecule has 0 bridgehead atoms. The first-order chi connectivity index (χ1) is 6.65. The van der Waals surface area contributed by atoms with Crippen LogP contribution < -0.4 is 5.32 Å². The van der Waals surface area contributed by atoms with Crippen molar-refractivity contribution in [2.75, 3.05) is 40.8 Å². The van der Waals surface area contributed by atoms with Crippen molar-refractivity contribution in [2.24, 2.45) is 11.8 Å². The highest BCUT2D eigenvalue weighted by Crippen LogP contribution is 2.20. The maximum absolute atomic E-state index is 11.6. The summed E-state index contributed by atoms with van der Waals surface area (Å²) in [5, 5.41) is 3.28. The molecule has 14 heavy (non-hydrogen) atoms. The number of hydrogen-bond acceptors (Lipinski definition) is 4. The number of nitrogens with one attached hydrogen (secondary N) is 1. The van der Waals surface area contributed by atoms with Crippen LogP contribution >= 0.6 is 0 Å². The van der Waals surface area contributed by atoms with Crippen LogP contribution in [0.4, 0.5) is 0 Å². The van der Waals surface area contributed by atoms with Crippen molar-refractivity contribution in [2.45, 2.75) is 6.42 Å². The van der Waals surface area contributed by atoms with Crippen molar-refractivity contribution < 1.29 is 9.53 Å². The standard InChI is InChI=1S/C10H20N2O2/c1-12(2)7-9(10(13)14-3)8-4-5-11-6-8/h8-9,11H,4-7H2,1-3H3. The summed E-state index contributed by atoms with van der Waals surface area (Å²) in [4.78, 5) is 13.6. The van der Waals surface area contributed by atoms with Gasteiger partial charge in [-0.3, -0.25) is 4.79 Å². The van der Waals surface area contributed by atoms with E-state index in [0.717, 1.165) is 26.1 Å². The third kappa shape index (κ3) is 2.96. The van der Waals surface area contributed by atoms with E-state index < -0.39 is 0 Å². The van der Waals surface area contributed by atoms with Gasteiger partial charge in [-0.1, -0.05) is 0 Å². The number of methoxy groups -OCH3 is 1. The predicted octanol–water partition coefficient (Wildman–Crippen LogP) is -0.0533. The molecule has 2 atom stereocenters. The van der Waals surface area contributed by atoms with Crippen LogP contribution in [0, 0.1) is 11.8 Å². The maximum Gasteiger partial charge on any atom is 0.310 e. The van der Waals surface area contributed by atoms with Gasteiger partial charge in [0.1, 0.15) is 0 Å².